The monoisotopic (exact) mass is 252 g/mol. The number of piperidine rings is 1. The molecule has 18 heavy (non-hydrogen) atoms. The third-order valence-corrected chi connectivity index (χ3v) is 5.09. The van der Waals surface area contributed by atoms with Gasteiger partial charge in [-0.15, -0.1) is 0 Å². The van der Waals surface area contributed by atoms with Gasteiger partial charge in [-0.2, -0.15) is 0 Å². The molecule has 1 saturated heterocycles. The highest BCUT2D eigenvalue weighted by molar-refractivity contribution is 5.06. The van der Waals surface area contributed by atoms with E-state index < -0.39 is 0 Å². The summed E-state index contributed by atoms with van der Waals surface area (Å²) >= 11 is 0. The van der Waals surface area contributed by atoms with Crippen LogP contribution in [0.5, 0.6) is 0 Å². The van der Waals surface area contributed by atoms with Crippen molar-refractivity contribution in [1.82, 2.24) is 10.2 Å². The minimum atomic E-state index is 0.0156. The molecular formula is C15H28N2O. The molecular weight excluding hydrogens is 224 g/mol. The molecule has 0 aromatic heterocycles. The quantitative estimate of drug-likeness (QED) is 0.754. The molecule has 1 atom stereocenters. The molecule has 0 bridgehead atoms. The second kappa shape index (κ2) is 5.10. The molecule has 0 radical (unpaired) electrons. The van der Waals surface area contributed by atoms with Crippen molar-refractivity contribution in [3.63, 3.8) is 0 Å². The number of aliphatic hydroxyl groups is 1. The minimum Gasteiger partial charge on any atom is -0.394 e. The van der Waals surface area contributed by atoms with E-state index in [0.29, 0.717) is 12.6 Å². The maximum atomic E-state index is 9.96. The van der Waals surface area contributed by atoms with Crippen LogP contribution in [0.3, 0.4) is 0 Å². The largest absolute Gasteiger partial charge is 0.394 e. The van der Waals surface area contributed by atoms with Crippen molar-refractivity contribution >= 4 is 0 Å². The molecule has 3 aliphatic rings. The maximum absolute atomic E-state index is 9.96. The van der Waals surface area contributed by atoms with E-state index in [-0.39, 0.29) is 5.54 Å². The predicted molar refractivity (Wildman–Crippen MR) is 73.5 cm³/mol. The lowest BCUT2D eigenvalue weighted by atomic mass is 9.90. The van der Waals surface area contributed by atoms with Crippen molar-refractivity contribution in [2.45, 2.75) is 57.0 Å². The second-order valence-electron chi connectivity index (χ2n) is 6.97. The standard InChI is InChI=1S/C15H28N2O/c1-12-6-8-17(9-7-12)10-15(11-18,13-2-3-13)16-14-4-5-14/h12-14,16,18H,2-11H2,1H3. The Kier molecular flexibility index (Phi) is 3.65. The summed E-state index contributed by atoms with van der Waals surface area (Å²) in [5.41, 5.74) is 0.0156. The third kappa shape index (κ3) is 2.89. The molecule has 2 aliphatic carbocycles. The number of rotatable bonds is 6. The van der Waals surface area contributed by atoms with E-state index in [2.05, 4.69) is 17.1 Å². The first-order valence-electron chi connectivity index (χ1n) is 7.83. The summed E-state index contributed by atoms with van der Waals surface area (Å²) < 4.78 is 0. The van der Waals surface area contributed by atoms with E-state index in [0.717, 1.165) is 18.4 Å². The first-order chi connectivity index (χ1) is 8.72. The fourth-order valence-corrected chi connectivity index (χ4v) is 3.41. The number of hydrogen-bond acceptors (Lipinski definition) is 3. The van der Waals surface area contributed by atoms with Crippen LogP contribution in [-0.4, -0.2) is 47.8 Å². The lowest BCUT2D eigenvalue weighted by Crippen LogP contribution is -2.59. The first-order valence-corrected chi connectivity index (χ1v) is 7.83. The van der Waals surface area contributed by atoms with Crippen LogP contribution < -0.4 is 5.32 Å². The van der Waals surface area contributed by atoms with Crippen molar-refractivity contribution in [2.24, 2.45) is 11.8 Å². The Morgan fingerprint density at radius 2 is 1.78 bits per heavy atom. The Hall–Kier alpha value is -0.120. The SMILES string of the molecule is CC1CCN(CC(CO)(NC2CC2)C2CC2)CC1. The molecule has 1 heterocycles. The highest BCUT2D eigenvalue weighted by atomic mass is 16.3. The van der Waals surface area contributed by atoms with E-state index in [1.54, 1.807) is 0 Å². The zero-order valence-corrected chi connectivity index (χ0v) is 11.7. The van der Waals surface area contributed by atoms with Crippen LogP contribution in [0.2, 0.25) is 0 Å². The summed E-state index contributed by atoms with van der Waals surface area (Å²) in [6.45, 7) is 6.20. The summed E-state index contributed by atoms with van der Waals surface area (Å²) in [7, 11) is 0. The van der Waals surface area contributed by atoms with Crippen molar-refractivity contribution in [2.75, 3.05) is 26.2 Å². The molecule has 0 aromatic carbocycles. The zero-order valence-electron chi connectivity index (χ0n) is 11.7. The fraction of sp³-hybridized carbons (Fsp3) is 1.00. The van der Waals surface area contributed by atoms with Gasteiger partial charge >= 0.3 is 0 Å². The topological polar surface area (TPSA) is 35.5 Å². The van der Waals surface area contributed by atoms with Gasteiger partial charge in [-0.3, -0.25) is 0 Å². The summed E-state index contributed by atoms with van der Waals surface area (Å²) in [5.74, 6) is 1.62. The number of aliphatic hydroxyl groups excluding tert-OH is 1. The van der Waals surface area contributed by atoms with Crippen LogP contribution in [0.25, 0.3) is 0 Å². The van der Waals surface area contributed by atoms with Crippen molar-refractivity contribution in [3.8, 4) is 0 Å². The molecule has 0 amide bonds. The van der Waals surface area contributed by atoms with Crippen LogP contribution in [0, 0.1) is 11.8 Å². The average Bonchev–Trinajstić information content (AvgIpc) is 3.24. The summed E-state index contributed by atoms with van der Waals surface area (Å²) in [4.78, 5) is 2.59. The highest BCUT2D eigenvalue weighted by Crippen LogP contribution is 2.42. The van der Waals surface area contributed by atoms with Gasteiger partial charge in [-0.25, -0.2) is 0 Å². The number of hydrogen-bond donors (Lipinski definition) is 2. The van der Waals surface area contributed by atoms with Gasteiger partial charge in [0, 0.05) is 12.6 Å². The van der Waals surface area contributed by atoms with E-state index in [1.165, 1.54) is 51.6 Å². The molecule has 0 spiro atoms. The third-order valence-electron chi connectivity index (χ3n) is 5.09. The van der Waals surface area contributed by atoms with E-state index in [1.807, 2.05) is 0 Å². The maximum Gasteiger partial charge on any atom is 0.0628 e. The molecule has 2 saturated carbocycles. The van der Waals surface area contributed by atoms with Gasteiger partial charge in [0.25, 0.3) is 0 Å². The summed E-state index contributed by atoms with van der Waals surface area (Å²) in [6.07, 6.45) is 7.90. The number of likely N-dealkylation sites (tertiary alicyclic amines) is 1. The Bertz CT molecular complexity index is 280. The van der Waals surface area contributed by atoms with Gasteiger partial charge in [0.1, 0.15) is 0 Å². The minimum absolute atomic E-state index is 0.0156. The first kappa shape index (κ1) is 12.9. The lowest BCUT2D eigenvalue weighted by Gasteiger charge is -2.41. The molecule has 1 unspecified atom stereocenters. The molecule has 1 aliphatic heterocycles. The Labute approximate surface area is 111 Å². The van der Waals surface area contributed by atoms with Gasteiger partial charge < -0.3 is 15.3 Å². The summed E-state index contributed by atoms with van der Waals surface area (Å²) in [5, 5.41) is 13.7. The van der Waals surface area contributed by atoms with Crippen LogP contribution >= 0.6 is 0 Å². The number of nitrogens with zero attached hydrogens (tertiary/aromatic N) is 1. The molecule has 3 fully saturated rings. The molecule has 3 nitrogen and oxygen atoms in total. The van der Waals surface area contributed by atoms with E-state index in [9.17, 15) is 5.11 Å². The highest BCUT2D eigenvalue weighted by Gasteiger charge is 2.48. The molecule has 0 aromatic rings. The lowest BCUT2D eigenvalue weighted by molar-refractivity contribution is 0.0728. The molecule has 3 heteroatoms. The van der Waals surface area contributed by atoms with Crippen molar-refractivity contribution in [3.05, 3.63) is 0 Å². The summed E-state index contributed by atoms with van der Waals surface area (Å²) in [6, 6.07) is 0.696. The van der Waals surface area contributed by atoms with Crippen molar-refractivity contribution in [1.29, 1.82) is 0 Å². The van der Waals surface area contributed by atoms with Crippen LogP contribution in [-0.2, 0) is 0 Å². The normalized spacial score (nSPS) is 30.3. The second-order valence-corrected chi connectivity index (χ2v) is 6.97. The average molecular weight is 252 g/mol. The van der Waals surface area contributed by atoms with Crippen molar-refractivity contribution < 1.29 is 5.11 Å². The van der Waals surface area contributed by atoms with Crippen LogP contribution in [0.4, 0.5) is 0 Å². The Morgan fingerprint density at radius 1 is 1.11 bits per heavy atom. The molecule has 104 valence electrons. The number of nitrogens with one attached hydrogen (secondary N) is 1. The van der Waals surface area contributed by atoms with Crippen LogP contribution in [0.15, 0.2) is 0 Å². The van der Waals surface area contributed by atoms with Gasteiger partial charge in [0.05, 0.1) is 12.1 Å². The predicted octanol–water partition coefficient (Wildman–Crippen LogP) is 1.61. The smallest absolute Gasteiger partial charge is 0.0628 e. The van der Waals surface area contributed by atoms with Gasteiger partial charge in [-0.05, 0) is 63.5 Å². The molecule has 2 N–H and O–H groups in total. The fourth-order valence-electron chi connectivity index (χ4n) is 3.41. The Morgan fingerprint density at radius 3 is 2.28 bits per heavy atom. The van der Waals surface area contributed by atoms with E-state index in [4.69, 9.17) is 0 Å². The van der Waals surface area contributed by atoms with Crippen LogP contribution in [0.1, 0.15) is 45.4 Å². The molecule has 3 rings (SSSR count). The Balaban J connectivity index is 1.61. The zero-order chi connectivity index (χ0) is 12.6. The van der Waals surface area contributed by atoms with Gasteiger partial charge in [0.2, 0.25) is 0 Å². The van der Waals surface area contributed by atoms with E-state index >= 15 is 0 Å². The van der Waals surface area contributed by atoms with Gasteiger partial charge in [-0.1, -0.05) is 6.92 Å². The van der Waals surface area contributed by atoms with Gasteiger partial charge in [0.15, 0.2) is 0 Å².